The minimum absolute atomic E-state index is 0.0795. The highest BCUT2D eigenvalue weighted by Crippen LogP contribution is 2.50. The minimum Gasteiger partial charge on any atom is -0.496 e. The van der Waals surface area contributed by atoms with E-state index in [9.17, 15) is 4.79 Å². The Balaban J connectivity index is 1.73. The maximum absolute atomic E-state index is 14.4. The first kappa shape index (κ1) is 20.1. The van der Waals surface area contributed by atoms with Crippen LogP contribution in [-0.2, 0) is 23.2 Å². The van der Waals surface area contributed by atoms with Crippen LogP contribution in [0.1, 0.15) is 22.3 Å². The van der Waals surface area contributed by atoms with Crippen LogP contribution in [0, 0.1) is 0 Å². The Morgan fingerprint density at radius 3 is 1.94 bits per heavy atom. The number of nitrogens with zero attached hydrogens (tertiary/aromatic N) is 1. The molecule has 0 spiro atoms. The molecular formula is C29H25NO2. The summed E-state index contributed by atoms with van der Waals surface area (Å²) in [5.41, 5.74) is 4.24. The van der Waals surface area contributed by atoms with Crippen LogP contribution in [0.4, 0.5) is 5.69 Å². The summed E-state index contributed by atoms with van der Waals surface area (Å²) in [6.45, 7) is 0.530. The third kappa shape index (κ3) is 3.27. The van der Waals surface area contributed by atoms with Crippen molar-refractivity contribution < 1.29 is 9.53 Å². The fraction of sp³-hybridized carbons (Fsp3) is 0.138. The Kier molecular flexibility index (Phi) is 5.24. The lowest BCUT2D eigenvalue weighted by molar-refractivity contribution is -0.122. The second kappa shape index (κ2) is 8.35. The smallest absolute Gasteiger partial charge is 0.242 e. The highest BCUT2D eigenvalue weighted by Gasteiger charge is 2.53. The topological polar surface area (TPSA) is 29.5 Å². The molecule has 1 heterocycles. The highest BCUT2D eigenvalue weighted by atomic mass is 16.5. The Labute approximate surface area is 188 Å². The molecule has 0 radical (unpaired) electrons. The summed E-state index contributed by atoms with van der Waals surface area (Å²) in [4.78, 5) is 16.4. The second-order valence-corrected chi connectivity index (χ2v) is 8.16. The predicted octanol–water partition coefficient (Wildman–Crippen LogP) is 5.77. The van der Waals surface area contributed by atoms with E-state index in [1.165, 1.54) is 0 Å². The van der Waals surface area contributed by atoms with E-state index >= 15 is 0 Å². The highest BCUT2D eigenvalue weighted by molar-refractivity contribution is 6.11. The zero-order valence-electron chi connectivity index (χ0n) is 18.1. The molecule has 3 nitrogen and oxygen atoms in total. The van der Waals surface area contributed by atoms with Crippen LogP contribution in [0.25, 0.3) is 0 Å². The molecule has 0 saturated heterocycles. The van der Waals surface area contributed by atoms with Crippen molar-refractivity contribution in [3.05, 3.63) is 131 Å². The van der Waals surface area contributed by atoms with E-state index < -0.39 is 5.41 Å². The number of carbonyl (C=O) groups excluding carboxylic acids is 1. The Morgan fingerprint density at radius 1 is 0.688 bits per heavy atom. The van der Waals surface area contributed by atoms with Crippen molar-refractivity contribution in [1.82, 2.24) is 0 Å². The molecule has 1 amide bonds. The van der Waals surface area contributed by atoms with Gasteiger partial charge in [0.25, 0.3) is 0 Å². The molecule has 1 aliphatic heterocycles. The first-order chi connectivity index (χ1) is 15.7. The third-order valence-electron chi connectivity index (χ3n) is 6.33. The monoisotopic (exact) mass is 419 g/mol. The molecule has 3 heteroatoms. The van der Waals surface area contributed by atoms with Gasteiger partial charge in [0.1, 0.15) is 11.2 Å². The van der Waals surface area contributed by atoms with Crippen LogP contribution < -0.4 is 9.64 Å². The van der Waals surface area contributed by atoms with Gasteiger partial charge in [-0.25, -0.2) is 0 Å². The van der Waals surface area contributed by atoms with E-state index in [4.69, 9.17) is 4.74 Å². The maximum atomic E-state index is 14.4. The van der Waals surface area contributed by atoms with Crippen LogP contribution in [0.5, 0.6) is 5.75 Å². The number of para-hydroxylation sites is 2. The molecule has 5 rings (SSSR count). The number of carbonyl (C=O) groups is 1. The minimum atomic E-state index is -0.862. The number of ether oxygens (including phenoxy) is 1. The van der Waals surface area contributed by atoms with E-state index in [1.807, 2.05) is 77.7 Å². The van der Waals surface area contributed by atoms with Crippen LogP contribution in [-0.4, -0.2) is 13.0 Å². The number of amides is 1. The van der Waals surface area contributed by atoms with Gasteiger partial charge in [-0.15, -0.1) is 0 Å². The fourth-order valence-electron chi connectivity index (χ4n) is 4.87. The molecule has 158 valence electrons. The van der Waals surface area contributed by atoms with E-state index in [1.54, 1.807) is 7.11 Å². The first-order valence-electron chi connectivity index (χ1n) is 10.9. The summed E-state index contributed by atoms with van der Waals surface area (Å²) in [5, 5.41) is 0. The molecule has 0 saturated carbocycles. The summed E-state index contributed by atoms with van der Waals surface area (Å²) in [7, 11) is 1.67. The molecule has 0 aliphatic carbocycles. The van der Waals surface area contributed by atoms with E-state index in [-0.39, 0.29) is 5.91 Å². The average Bonchev–Trinajstić information content (AvgIpc) is 3.09. The van der Waals surface area contributed by atoms with Crippen molar-refractivity contribution in [2.24, 2.45) is 0 Å². The van der Waals surface area contributed by atoms with Gasteiger partial charge in [0.05, 0.1) is 13.7 Å². The average molecular weight is 420 g/mol. The molecule has 0 bridgehead atoms. The Hall–Kier alpha value is -3.85. The molecule has 1 aliphatic rings. The number of benzene rings is 4. The van der Waals surface area contributed by atoms with Crippen LogP contribution in [0.15, 0.2) is 109 Å². The van der Waals surface area contributed by atoms with Crippen molar-refractivity contribution in [3.8, 4) is 5.75 Å². The summed E-state index contributed by atoms with van der Waals surface area (Å²) in [6.07, 6.45) is 0.565. The fourth-order valence-corrected chi connectivity index (χ4v) is 4.87. The molecule has 4 aromatic rings. The number of anilines is 1. The number of fused-ring (bicyclic) bond motifs is 1. The van der Waals surface area contributed by atoms with Crippen molar-refractivity contribution in [2.45, 2.75) is 18.4 Å². The summed E-state index contributed by atoms with van der Waals surface area (Å²) in [5.74, 6) is 0.809. The molecule has 32 heavy (non-hydrogen) atoms. The Bertz CT molecular complexity index is 1240. The van der Waals surface area contributed by atoms with E-state index in [0.29, 0.717) is 13.0 Å². The molecule has 1 unspecified atom stereocenters. The molecular weight excluding hydrogens is 394 g/mol. The first-order valence-corrected chi connectivity index (χ1v) is 10.9. The molecule has 0 N–H and O–H groups in total. The van der Waals surface area contributed by atoms with Gasteiger partial charge in [-0.1, -0.05) is 97.1 Å². The number of hydrogen-bond donors (Lipinski definition) is 0. The predicted molar refractivity (Wildman–Crippen MR) is 128 cm³/mol. The van der Waals surface area contributed by atoms with Gasteiger partial charge in [0.2, 0.25) is 5.91 Å². The quantitative estimate of drug-likeness (QED) is 0.397. The largest absolute Gasteiger partial charge is 0.496 e. The van der Waals surface area contributed by atoms with Crippen LogP contribution >= 0.6 is 0 Å². The van der Waals surface area contributed by atoms with Gasteiger partial charge >= 0.3 is 0 Å². The number of methoxy groups -OCH3 is 1. The lowest BCUT2D eigenvalue weighted by Gasteiger charge is -2.31. The number of rotatable bonds is 6. The molecule has 4 aromatic carbocycles. The van der Waals surface area contributed by atoms with Crippen molar-refractivity contribution in [3.63, 3.8) is 0 Å². The zero-order chi connectivity index (χ0) is 22.0. The lowest BCUT2D eigenvalue weighted by atomic mass is 9.71. The summed E-state index contributed by atoms with van der Waals surface area (Å²) >= 11 is 0. The van der Waals surface area contributed by atoms with E-state index in [2.05, 4.69) is 36.4 Å². The summed E-state index contributed by atoms with van der Waals surface area (Å²) < 4.78 is 5.77. The van der Waals surface area contributed by atoms with Crippen molar-refractivity contribution in [1.29, 1.82) is 0 Å². The SMILES string of the molecule is COc1ccccc1C1(Cc2ccccc2)C(=O)N(Cc2ccccc2)c2ccccc21. The zero-order valence-corrected chi connectivity index (χ0v) is 18.1. The molecule has 0 aromatic heterocycles. The van der Waals surface area contributed by atoms with Crippen molar-refractivity contribution in [2.75, 3.05) is 12.0 Å². The standard InChI is InChI=1S/C29H25NO2/c1-32-27-19-11-9-17-25(27)29(20-22-12-4-2-5-13-22)24-16-8-10-18-26(24)30(28(29)31)21-23-14-6-3-7-15-23/h2-19H,20-21H2,1H3. The van der Waals surface area contributed by atoms with Gasteiger partial charge in [-0.3, -0.25) is 4.79 Å². The lowest BCUT2D eigenvalue weighted by Crippen LogP contribution is -2.43. The van der Waals surface area contributed by atoms with Gasteiger partial charge in [0.15, 0.2) is 0 Å². The maximum Gasteiger partial charge on any atom is 0.242 e. The Morgan fingerprint density at radius 2 is 1.25 bits per heavy atom. The third-order valence-corrected chi connectivity index (χ3v) is 6.33. The normalized spacial score (nSPS) is 17.3. The van der Waals surface area contributed by atoms with Gasteiger partial charge in [-0.05, 0) is 35.2 Å². The van der Waals surface area contributed by atoms with Crippen LogP contribution in [0.3, 0.4) is 0 Å². The number of hydrogen-bond acceptors (Lipinski definition) is 2. The van der Waals surface area contributed by atoms with Crippen molar-refractivity contribution >= 4 is 11.6 Å². The summed E-state index contributed by atoms with van der Waals surface area (Å²) in [6, 6.07) is 36.5. The molecule has 0 fully saturated rings. The van der Waals surface area contributed by atoms with Crippen LogP contribution in [0.2, 0.25) is 0 Å². The second-order valence-electron chi connectivity index (χ2n) is 8.16. The molecule has 1 atom stereocenters. The van der Waals surface area contributed by atoms with Gasteiger partial charge < -0.3 is 9.64 Å². The van der Waals surface area contributed by atoms with E-state index in [0.717, 1.165) is 33.7 Å². The van der Waals surface area contributed by atoms with Gasteiger partial charge in [-0.2, -0.15) is 0 Å². The van der Waals surface area contributed by atoms with Gasteiger partial charge in [0, 0.05) is 11.3 Å².